The van der Waals surface area contributed by atoms with Gasteiger partial charge in [0.15, 0.2) is 0 Å². The molecule has 2 rings (SSSR count). The molecule has 0 aliphatic carbocycles. The molecule has 0 saturated carbocycles. The lowest BCUT2D eigenvalue weighted by molar-refractivity contribution is 0.454. The Hall–Kier alpha value is -1.33. The zero-order valence-electron chi connectivity index (χ0n) is 9.23. The molecule has 0 fully saturated rings. The lowest BCUT2D eigenvalue weighted by Gasteiger charge is -2.04. The average Bonchev–Trinajstić information content (AvgIpc) is 2.75. The number of pyridine rings is 1. The van der Waals surface area contributed by atoms with E-state index < -0.39 is 0 Å². The van der Waals surface area contributed by atoms with Crippen molar-refractivity contribution in [3.8, 4) is 0 Å². The number of hydrogen-bond acceptors (Lipinski definition) is 5. The number of aromatic nitrogens is 2. The van der Waals surface area contributed by atoms with Crippen molar-refractivity contribution in [1.29, 1.82) is 0 Å². The molecule has 0 bridgehead atoms. The number of oxazole rings is 1. The second-order valence-electron chi connectivity index (χ2n) is 3.40. The summed E-state index contributed by atoms with van der Waals surface area (Å²) in [6, 6.07) is 2.12. The number of hydrogen-bond donors (Lipinski definition) is 1. The molecule has 2 aromatic heterocycles. The van der Waals surface area contributed by atoms with Gasteiger partial charge in [0.1, 0.15) is 11.3 Å². The Labute approximate surface area is 98.5 Å². The number of aryl methyl sites for hydroxylation is 1. The van der Waals surface area contributed by atoms with Gasteiger partial charge in [-0.05, 0) is 36.9 Å². The van der Waals surface area contributed by atoms with Gasteiger partial charge in [0.05, 0.1) is 6.20 Å². The first kappa shape index (κ1) is 11.2. The predicted molar refractivity (Wildman–Crippen MR) is 62.4 cm³/mol. The van der Waals surface area contributed by atoms with E-state index in [4.69, 9.17) is 4.42 Å². The van der Waals surface area contributed by atoms with Crippen LogP contribution in [0.15, 0.2) is 39.4 Å². The Morgan fingerprint density at radius 3 is 2.94 bits per heavy atom. The van der Waals surface area contributed by atoms with E-state index in [2.05, 4.69) is 21.4 Å². The third-order valence-corrected chi connectivity index (χ3v) is 3.06. The molecule has 0 atom stereocenters. The molecule has 4 nitrogen and oxygen atoms in total. The van der Waals surface area contributed by atoms with Crippen molar-refractivity contribution < 1.29 is 4.42 Å². The van der Waals surface area contributed by atoms with Crippen molar-refractivity contribution >= 4 is 11.8 Å². The normalized spacial score (nSPS) is 10.6. The molecule has 0 aliphatic heterocycles. The van der Waals surface area contributed by atoms with Crippen LogP contribution in [-0.4, -0.2) is 17.0 Å². The Balaban J connectivity index is 2.16. The molecule has 1 N–H and O–H groups in total. The molecule has 0 aromatic carbocycles. The van der Waals surface area contributed by atoms with Crippen LogP contribution in [0.4, 0.5) is 0 Å². The first-order valence-corrected chi connectivity index (χ1v) is 5.78. The lowest BCUT2D eigenvalue weighted by atomic mass is 10.2. The van der Waals surface area contributed by atoms with E-state index >= 15 is 0 Å². The van der Waals surface area contributed by atoms with Gasteiger partial charge in [-0.1, -0.05) is 6.07 Å². The highest BCUT2D eigenvalue weighted by Crippen LogP contribution is 2.27. The Kier molecular flexibility index (Phi) is 3.58. The summed E-state index contributed by atoms with van der Waals surface area (Å²) < 4.78 is 5.17. The summed E-state index contributed by atoms with van der Waals surface area (Å²) in [7, 11) is 1.92. The summed E-state index contributed by atoms with van der Waals surface area (Å²) in [5, 5.41) is 4.65. The van der Waals surface area contributed by atoms with Gasteiger partial charge in [0, 0.05) is 12.7 Å². The Morgan fingerprint density at radius 2 is 2.31 bits per heavy atom. The summed E-state index contributed by atoms with van der Waals surface area (Å²) in [6.07, 6.45) is 5.06. The minimum atomic E-state index is 0.622. The number of nitrogens with zero attached hydrogens (tertiary/aromatic N) is 2. The van der Waals surface area contributed by atoms with Crippen molar-refractivity contribution in [2.75, 3.05) is 7.05 Å². The minimum Gasteiger partial charge on any atom is -0.440 e. The summed E-state index contributed by atoms with van der Waals surface area (Å²) in [4.78, 5) is 8.45. The third kappa shape index (κ3) is 2.62. The topological polar surface area (TPSA) is 51.0 Å². The standard InChI is InChI=1S/C11H13N3OS/c1-8-5-9(6-12-2)7-14-10(8)16-11-13-3-4-15-11/h3-5,7,12H,6H2,1-2H3. The largest absolute Gasteiger partial charge is 0.440 e. The van der Waals surface area contributed by atoms with Gasteiger partial charge in [-0.15, -0.1) is 0 Å². The SMILES string of the molecule is CNCc1cnc(Sc2ncco2)c(C)c1. The van der Waals surface area contributed by atoms with E-state index in [-0.39, 0.29) is 0 Å². The van der Waals surface area contributed by atoms with Crippen LogP contribution in [0.1, 0.15) is 11.1 Å². The van der Waals surface area contributed by atoms with Crippen LogP contribution >= 0.6 is 11.8 Å². The van der Waals surface area contributed by atoms with Gasteiger partial charge < -0.3 is 9.73 Å². The van der Waals surface area contributed by atoms with Crippen LogP contribution in [0.25, 0.3) is 0 Å². The average molecular weight is 235 g/mol. The van der Waals surface area contributed by atoms with Crippen molar-refractivity contribution in [3.63, 3.8) is 0 Å². The van der Waals surface area contributed by atoms with Gasteiger partial charge in [0.25, 0.3) is 5.22 Å². The highest BCUT2D eigenvalue weighted by molar-refractivity contribution is 7.99. The molecule has 5 heteroatoms. The fourth-order valence-electron chi connectivity index (χ4n) is 1.37. The molecule has 0 amide bonds. The van der Waals surface area contributed by atoms with E-state index in [0.717, 1.165) is 17.1 Å². The van der Waals surface area contributed by atoms with E-state index in [1.54, 1.807) is 12.5 Å². The molecular formula is C11H13N3OS. The highest BCUT2D eigenvalue weighted by atomic mass is 32.2. The minimum absolute atomic E-state index is 0.622. The van der Waals surface area contributed by atoms with E-state index in [0.29, 0.717) is 5.22 Å². The fraction of sp³-hybridized carbons (Fsp3) is 0.273. The van der Waals surface area contributed by atoms with Gasteiger partial charge >= 0.3 is 0 Å². The highest BCUT2D eigenvalue weighted by Gasteiger charge is 2.06. The monoisotopic (exact) mass is 235 g/mol. The van der Waals surface area contributed by atoms with Gasteiger partial charge in [0.2, 0.25) is 0 Å². The summed E-state index contributed by atoms with van der Waals surface area (Å²) >= 11 is 1.44. The maximum Gasteiger partial charge on any atom is 0.261 e. The predicted octanol–water partition coefficient (Wildman–Crippen LogP) is 2.25. The zero-order valence-corrected chi connectivity index (χ0v) is 10.0. The molecule has 16 heavy (non-hydrogen) atoms. The molecule has 0 saturated heterocycles. The van der Waals surface area contributed by atoms with E-state index in [9.17, 15) is 0 Å². The third-order valence-electron chi connectivity index (χ3n) is 2.06. The van der Waals surface area contributed by atoms with Gasteiger partial charge in [-0.25, -0.2) is 9.97 Å². The first-order chi connectivity index (χ1) is 7.79. The quantitative estimate of drug-likeness (QED) is 0.880. The maximum atomic E-state index is 5.17. The number of rotatable bonds is 4. The molecule has 0 radical (unpaired) electrons. The molecule has 0 spiro atoms. The van der Waals surface area contributed by atoms with Crippen LogP contribution < -0.4 is 5.32 Å². The van der Waals surface area contributed by atoms with Crippen molar-refractivity contribution in [1.82, 2.24) is 15.3 Å². The van der Waals surface area contributed by atoms with Crippen LogP contribution in [0, 0.1) is 6.92 Å². The molecule has 84 valence electrons. The second kappa shape index (κ2) is 5.14. The summed E-state index contributed by atoms with van der Waals surface area (Å²) in [5.74, 6) is 0. The zero-order chi connectivity index (χ0) is 11.4. The second-order valence-corrected chi connectivity index (χ2v) is 4.34. The lowest BCUT2D eigenvalue weighted by Crippen LogP contribution is -2.05. The molecule has 2 heterocycles. The smallest absolute Gasteiger partial charge is 0.261 e. The Morgan fingerprint density at radius 1 is 1.44 bits per heavy atom. The van der Waals surface area contributed by atoms with Crippen LogP contribution in [0.2, 0.25) is 0 Å². The van der Waals surface area contributed by atoms with E-state index in [1.165, 1.54) is 17.3 Å². The van der Waals surface area contributed by atoms with Crippen molar-refractivity contribution in [2.45, 2.75) is 23.7 Å². The van der Waals surface area contributed by atoms with Gasteiger partial charge in [-0.3, -0.25) is 0 Å². The summed E-state index contributed by atoms with van der Waals surface area (Å²) in [5.41, 5.74) is 2.31. The maximum absolute atomic E-state index is 5.17. The van der Waals surface area contributed by atoms with Crippen molar-refractivity contribution in [2.24, 2.45) is 0 Å². The van der Waals surface area contributed by atoms with Crippen molar-refractivity contribution in [3.05, 3.63) is 35.9 Å². The molecule has 2 aromatic rings. The van der Waals surface area contributed by atoms with Gasteiger partial charge in [-0.2, -0.15) is 0 Å². The number of nitrogens with one attached hydrogen (secondary N) is 1. The van der Waals surface area contributed by atoms with Crippen LogP contribution in [0.5, 0.6) is 0 Å². The van der Waals surface area contributed by atoms with Crippen LogP contribution in [0.3, 0.4) is 0 Å². The first-order valence-electron chi connectivity index (χ1n) is 4.97. The molecule has 0 unspecified atom stereocenters. The van der Waals surface area contributed by atoms with E-state index in [1.807, 2.05) is 20.2 Å². The van der Waals surface area contributed by atoms with Crippen LogP contribution in [-0.2, 0) is 6.54 Å². The fourth-order valence-corrected chi connectivity index (χ4v) is 2.08. The Bertz CT molecular complexity index is 456. The summed E-state index contributed by atoms with van der Waals surface area (Å²) in [6.45, 7) is 2.87. The molecular weight excluding hydrogens is 222 g/mol. The molecule has 0 aliphatic rings.